The molecule has 0 bridgehead atoms. The molecule has 0 unspecified atom stereocenters. The fourth-order valence-electron chi connectivity index (χ4n) is 0.947. The van der Waals surface area contributed by atoms with E-state index in [4.69, 9.17) is 11.6 Å². The van der Waals surface area contributed by atoms with Crippen LogP contribution in [-0.4, -0.2) is 13.0 Å². The quantitative estimate of drug-likeness (QED) is 0.595. The minimum atomic E-state index is -0.269. The molecule has 0 fully saturated rings. The molecule has 0 aromatic heterocycles. The van der Waals surface area contributed by atoms with Gasteiger partial charge in [0.05, 0.1) is 7.11 Å². The molecule has 0 saturated carbocycles. The van der Waals surface area contributed by atoms with Crippen molar-refractivity contribution in [1.82, 2.24) is 5.48 Å². The van der Waals surface area contributed by atoms with Crippen molar-refractivity contribution >= 4 is 17.5 Å². The molecule has 4 heteroatoms. The van der Waals surface area contributed by atoms with Gasteiger partial charge in [0.25, 0.3) is 5.91 Å². The van der Waals surface area contributed by atoms with Gasteiger partial charge in [-0.15, -0.1) is 11.6 Å². The maximum atomic E-state index is 11.2. The highest BCUT2D eigenvalue weighted by atomic mass is 35.5. The van der Waals surface area contributed by atoms with Crippen molar-refractivity contribution in [3.8, 4) is 0 Å². The van der Waals surface area contributed by atoms with Gasteiger partial charge in [-0.1, -0.05) is 12.1 Å². The Morgan fingerprint density at radius 2 is 2.38 bits per heavy atom. The normalized spacial score (nSPS) is 9.69. The molecule has 1 rings (SSSR count). The van der Waals surface area contributed by atoms with E-state index < -0.39 is 0 Å². The Labute approximate surface area is 81.6 Å². The van der Waals surface area contributed by atoms with Crippen molar-refractivity contribution in [2.45, 2.75) is 5.88 Å². The van der Waals surface area contributed by atoms with Gasteiger partial charge in [-0.25, -0.2) is 5.48 Å². The number of amides is 1. The average molecular weight is 200 g/mol. The average Bonchev–Trinajstić information content (AvgIpc) is 2.18. The molecule has 0 aliphatic heterocycles. The largest absolute Gasteiger partial charge is 0.277 e. The molecular formula is C9H10ClNO2. The minimum absolute atomic E-state index is 0.269. The summed E-state index contributed by atoms with van der Waals surface area (Å²) in [6, 6.07) is 7.06. The first-order valence-electron chi connectivity index (χ1n) is 3.76. The molecule has 0 aliphatic rings. The molecule has 0 radical (unpaired) electrons. The molecule has 0 saturated heterocycles. The third kappa shape index (κ3) is 2.72. The first-order valence-corrected chi connectivity index (χ1v) is 4.29. The molecule has 0 spiro atoms. The number of carbonyl (C=O) groups is 1. The van der Waals surface area contributed by atoms with Crippen LogP contribution in [0.25, 0.3) is 0 Å². The summed E-state index contributed by atoms with van der Waals surface area (Å²) in [6.45, 7) is 0. The monoisotopic (exact) mass is 199 g/mol. The second-order valence-corrected chi connectivity index (χ2v) is 2.74. The summed E-state index contributed by atoms with van der Waals surface area (Å²) in [5, 5.41) is 0. The zero-order chi connectivity index (χ0) is 9.68. The highest BCUT2D eigenvalue weighted by molar-refractivity contribution is 6.17. The molecule has 70 valence electrons. The fourth-order valence-corrected chi connectivity index (χ4v) is 1.11. The molecule has 1 N–H and O–H groups in total. The summed E-state index contributed by atoms with van der Waals surface area (Å²) in [7, 11) is 1.39. The van der Waals surface area contributed by atoms with Crippen LogP contribution in [0.4, 0.5) is 0 Å². The van der Waals surface area contributed by atoms with E-state index >= 15 is 0 Å². The molecule has 1 aromatic rings. The second kappa shape index (κ2) is 4.84. The van der Waals surface area contributed by atoms with Crippen molar-refractivity contribution in [3.63, 3.8) is 0 Å². The van der Waals surface area contributed by atoms with Crippen molar-refractivity contribution in [2.24, 2.45) is 0 Å². The maximum Gasteiger partial charge on any atom is 0.274 e. The second-order valence-electron chi connectivity index (χ2n) is 2.47. The van der Waals surface area contributed by atoms with E-state index in [1.807, 2.05) is 6.07 Å². The Morgan fingerprint density at radius 1 is 1.62 bits per heavy atom. The zero-order valence-electron chi connectivity index (χ0n) is 7.21. The number of hydrogen-bond donors (Lipinski definition) is 1. The molecule has 0 heterocycles. The molecule has 13 heavy (non-hydrogen) atoms. The Hall–Kier alpha value is -1.06. The van der Waals surface area contributed by atoms with Gasteiger partial charge < -0.3 is 0 Å². The standard InChI is InChI=1S/C9H10ClNO2/c1-13-11-9(12)8-4-2-3-7(5-8)6-10/h2-5H,6H2,1H3,(H,11,12). The van der Waals surface area contributed by atoms with Gasteiger partial charge >= 0.3 is 0 Å². The lowest BCUT2D eigenvalue weighted by Crippen LogP contribution is -2.21. The lowest BCUT2D eigenvalue weighted by Gasteiger charge is -2.02. The Kier molecular flexibility index (Phi) is 3.73. The van der Waals surface area contributed by atoms with Crippen molar-refractivity contribution in [1.29, 1.82) is 0 Å². The molecule has 1 amide bonds. The van der Waals surface area contributed by atoms with Crippen LogP contribution in [0.5, 0.6) is 0 Å². The summed E-state index contributed by atoms with van der Waals surface area (Å²) in [6.07, 6.45) is 0. The van der Waals surface area contributed by atoms with Crippen LogP contribution in [0.3, 0.4) is 0 Å². The van der Waals surface area contributed by atoms with Gasteiger partial charge in [0.15, 0.2) is 0 Å². The van der Waals surface area contributed by atoms with Crippen LogP contribution in [0.1, 0.15) is 15.9 Å². The number of benzene rings is 1. The Balaban J connectivity index is 2.82. The van der Waals surface area contributed by atoms with Gasteiger partial charge in [0.2, 0.25) is 0 Å². The van der Waals surface area contributed by atoms with Crippen LogP contribution < -0.4 is 5.48 Å². The lowest BCUT2D eigenvalue weighted by atomic mass is 10.1. The minimum Gasteiger partial charge on any atom is -0.277 e. The number of carbonyl (C=O) groups excluding carboxylic acids is 1. The van der Waals surface area contributed by atoms with Crippen molar-refractivity contribution < 1.29 is 9.63 Å². The molecular weight excluding hydrogens is 190 g/mol. The highest BCUT2D eigenvalue weighted by Crippen LogP contribution is 2.07. The van der Waals surface area contributed by atoms with Crippen molar-refractivity contribution in [2.75, 3.05) is 7.11 Å². The summed E-state index contributed by atoms with van der Waals surface area (Å²) >= 11 is 5.62. The number of rotatable bonds is 3. The van der Waals surface area contributed by atoms with Crippen LogP contribution in [0.15, 0.2) is 24.3 Å². The van der Waals surface area contributed by atoms with E-state index in [1.165, 1.54) is 7.11 Å². The number of halogens is 1. The van der Waals surface area contributed by atoms with E-state index in [9.17, 15) is 4.79 Å². The fraction of sp³-hybridized carbons (Fsp3) is 0.222. The zero-order valence-corrected chi connectivity index (χ0v) is 7.97. The van der Waals surface area contributed by atoms with E-state index in [1.54, 1.807) is 18.2 Å². The maximum absolute atomic E-state index is 11.2. The lowest BCUT2D eigenvalue weighted by molar-refractivity contribution is 0.0537. The van der Waals surface area contributed by atoms with Crippen molar-refractivity contribution in [3.05, 3.63) is 35.4 Å². The van der Waals surface area contributed by atoms with Gasteiger partial charge in [-0.2, -0.15) is 0 Å². The third-order valence-corrected chi connectivity index (χ3v) is 1.85. The number of nitrogens with one attached hydrogen (secondary N) is 1. The smallest absolute Gasteiger partial charge is 0.274 e. The summed E-state index contributed by atoms with van der Waals surface area (Å²) in [5.41, 5.74) is 3.68. The summed E-state index contributed by atoms with van der Waals surface area (Å²) in [4.78, 5) is 15.7. The molecule has 0 aliphatic carbocycles. The van der Waals surface area contributed by atoms with Gasteiger partial charge in [0.1, 0.15) is 0 Å². The van der Waals surface area contributed by atoms with Crippen LogP contribution in [0.2, 0.25) is 0 Å². The molecule has 0 atom stereocenters. The van der Waals surface area contributed by atoms with Gasteiger partial charge in [-0.05, 0) is 17.7 Å². The Morgan fingerprint density at radius 3 is 3.00 bits per heavy atom. The van der Waals surface area contributed by atoms with E-state index in [0.717, 1.165) is 5.56 Å². The summed E-state index contributed by atoms with van der Waals surface area (Å²) < 4.78 is 0. The topological polar surface area (TPSA) is 38.3 Å². The van der Waals surface area contributed by atoms with Crippen LogP contribution >= 0.6 is 11.6 Å². The number of hydrogen-bond acceptors (Lipinski definition) is 2. The predicted molar refractivity (Wildman–Crippen MR) is 50.5 cm³/mol. The number of alkyl halides is 1. The van der Waals surface area contributed by atoms with E-state index in [-0.39, 0.29) is 5.91 Å². The Bertz CT molecular complexity index is 301. The van der Waals surface area contributed by atoms with Gasteiger partial charge in [0, 0.05) is 11.4 Å². The van der Waals surface area contributed by atoms with E-state index in [0.29, 0.717) is 11.4 Å². The van der Waals surface area contributed by atoms with Gasteiger partial charge in [-0.3, -0.25) is 9.63 Å². The first kappa shape index (κ1) is 10.0. The highest BCUT2D eigenvalue weighted by Gasteiger charge is 2.04. The third-order valence-electron chi connectivity index (χ3n) is 1.54. The van der Waals surface area contributed by atoms with Crippen LogP contribution in [0, 0.1) is 0 Å². The first-order chi connectivity index (χ1) is 6.27. The van der Waals surface area contributed by atoms with Crippen LogP contribution in [-0.2, 0) is 10.7 Å². The molecule has 3 nitrogen and oxygen atoms in total. The SMILES string of the molecule is CONC(=O)c1cccc(CCl)c1. The predicted octanol–water partition coefficient (Wildman–Crippen LogP) is 1.72. The molecule has 1 aromatic carbocycles. The van der Waals surface area contributed by atoms with E-state index in [2.05, 4.69) is 10.3 Å². The number of hydroxylamine groups is 1. The summed E-state index contributed by atoms with van der Waals surface area (Å²) in [5.74, 6) is 0.128.